The lowest BCUT2D eigenvalue weighted by molar-refractivity contribution is -0.126. The Morgan fingerprint density at radius 3 is 2.58 bits per heavy atom. The summed E-state index contributed by atoms with van der Waals surface area (Å²) in [5.74, 6) is 0.557. The Labute approximate surface area is 75.4 Å². The molecule has 0 aromatic carbocycles. The van der Waals surface area contributed by atoms with Crippen LogP contribution in [0.25, 0.3) is 0 Å². The van der Waals surface area contributed by atoms with Crippen LogP contribution >= 0.6 is 11.8 Å². The molecule has 0 aliphatic heterocycles. The van der Waals surface area contributed by atoms with Crippen molar-refractivity contribution in [3.63, 3.8) is 0 Å². The third kappa shape index (κ3) is 7.36. The molecule has 0 saturated heterocycles. The standard InChI is InChI=1S/C6H13N3O2S/c1-5(10)8-9-6(11)4-12-3-2-7/h2-4,7H2,1H3,(H,8,10)(H,9,11). The summed E-state index contributed by atoms with van der Waals surface area (Å²) >= 11 is 1.42. The van der Waals surface area contributed by atoms with Gasteiger partial charge < -0.3 is 5.73 Å². The fourth-order valence-electron chi connectivity index (χ4n) is 0.442. The van der Waals surface area contributed by atoms with Crippen LogP contribution < -0.4 is 16.6 Å². The average Bonchev–Trinajstić information content (AvgIpc) is 2.01. The molecule has 5 nitrogen and oxygen atoms in total. The highest BCUT2D eigenvalue weighted by molar-refractivity contribution is 7.99. The maximum Gasteiger partial charge on any atom is 0.248 e. The van der Waals surface area contributed by atoms with Crippen LogP contribution in [0.1, 0.15) is 6.92 Å². The van der Waals surface area contributed by atoms with Crippen molar-refractivity contribution in [2.75, 3.05) is 18.1 Å². The van der Waals surface area contributed by atoms with Gasteiger partial charge in [-0.05, 0) is 0 Å². The summed E-state index contributed by atoms with van der Waals surface area (Å²) in [5.41, 5.74) is 9.64. The second-order valence-corrected chi connectivity index (χ2v) is 3.18. The second kappa shape index (κ2) is 6.93. The molecule has 0 rings (SSSR count). The molecule has 0 saturated carbocycles. The SMILES string of the molecule is CC(=O)NNC(=O)CSCCN. The van der Waals surface area contributed by atoms with Crippen LogP contribution in [0.4, 0.5) is 0 Å². The monoisotopic (exact) mass is 191 g/mol. The minimum Gasteiger partial charge on any atom is -0.330 e. The van der Waals surface area contributed by atoms with Gasteiger partial charge >= 0.3 is 0 Å². The fourth-order valence-corrected chi connectivity index (χ4v) is 1.01. The first-order chi connectivity index (χ1) is 5.66. The quantitative estimate of drug-likeness (QED) is 0.387. The zero-order valence-electron chi connectivity index (χ0n) is 6.92. The average molecular weight is 191 g/mol. The van der Waals surface area contributed by atoms with Crippen molar-refractivity contribution in [2.24, 2.45) is 5.73 Å². The lowest BCUT2D eigenvalue weighted by atomic mass is 10.7. The number of hydrazine groups is 1. The zero-order valence-corrected chi connectivity index (χ0v) is 7.74. The second-order valence-electron chi connectivity index (χ2n) is 2.07. The first-order valence-corrected chi connectivity index (χ1v) is 4.65. The lowest BCUT2D eigenvalue weighted by Gasteiger charge is -2.03. The summed E-state index contributed by atoms with van der Waals surface area (Å²) in [6.07, 6.45) is 0. The van der Waals surface area contributed by atoms with E-state index in [4.69, 9.17) is 5.73 Å². The van der Waals surface area contributed by atoms with Crippen molar-refractivity contribution in [3.05, 3.63) is 0 Å². The Bertz CT molecular complexity index is 163. The highest BCUT2D eigenvalue weighted by atomic mass is 32.2. The normalized spacial score (nSPS) is 9.17. The van der Waals surface area contributed by atoms with E-state index >= 15 is 0 Å². The van der Waals surface area contributed by atoms with Crippen molar-refractivity contribution in [3.8, 4) is 0 Å². The fraction of sp³-hybridized carbons (Fsp3) is 0.667. The molecule has 0 atom stereocenters. The third-order valence-corrected chi connectivity index (χ3v) is 1.86. The summed E-state index contributed by atoms with van der Waals surface area (Å²) in [7, 11) is 0. The van der Waals surface area contributed by atoms with Crippen LogP contribution in [0.15, 0.2) is 0 Å². The molecular weight excluding hydrogens is 178 g/mol. The van der Waals surface area contributed by atoms with E-state index in [-0.39, 0.29) is 11.8 Å². The number of nitrogens with two attached hydrogens (primary N) is 1. The Balaban J connectivity index is 3.28. The lowest BCUT2D eigenvalue weighted by Crippen LogP contribution is -2.41. The first-order valence-electron chi connectivity index (χ1n) is 3.50. The highest BCUT2D eigenvalue weighted by Gasteiger charge is 1.99. The molecule has 0 bridgehead atoms. The van der Waals surface area contributed by atoms with Crippen LogP contribution in [0.3, 0.4) is 0 Å². The van der Waals surface area contributed by atoms with Gasteiger partial charge in [0.05, 0.1) is 5.75 Å². The summed E-state index contributed by atoms with van der Waals surface area (Å²) in [6.45, 7) is 1.88. The van der Waals surface area contributed by atoms with Gasteiger partial charge in [-0.25, -0.2) is 0 Å². The third-order valence-electron chi connectivity index (χ3n) is 0.873. The summed E-state index contributed by atoms with van der Waals surface area (Å²) in [5, 5.41) is 0. The van der Waals surface area contributed by atoms with Crippen LogP contribution in [-0.4, -0.2) is 29.9 Å². The van der Waals surface area contributed by atoms with Crippen molar-refractivity contribution >= 4 is 23.6 Å². The molecule has 0 unspecified atom stereocenters. The molecule has 12 heavy (non-hydrogen) atoms. The summed E-state index contributed by atoms with van der Waals surface area (Å²) in [6, 6.07) is 0. The van der Waals surface area contributed by atoms with E-state index in [1.54, 1.807) is 0 Å². The van der Waals surface area contributed by atoms with Crippen LogP contribution in [0, 0.1) is 0 Å². The van der Waals surface area contributed by atoms with Crippen molar-refractivity contribution < 1.29 is 9.59 Å². The largest absolute Gasteiger partial charge is 0.330 e. The van der Waals surface area contributed by atoms with Crippen molar-refractivity contribution in [2.45, 2.75) is 6.92 Å². The van der Waals surface area contributed by atoms with Gasteiger partial charge in [0.1, 0.15) is 0 Å². The van der Waals surface area contributed by atoms with E-state index in [0.29, 0.717) is 12.3 Å². The van der Waals surface area contributed by atoms with E-state index in [9.17, 15) is 9.59 Å². The molecule has 2 amide bonds. The van der Waals surface area contributed by atoms with Gasteiger partial charge in [0.2, 0.25) is 11.8 Å². The number of hydrogen-bond acceptors (Lipinski definition) is 4. The van der Waals surface area contributed by atoms with Crippen molar-refractivity contribution in [1.29, 1.82) is 0 Å². The van der Waals surface area contributed by atoms with Gasteiger partial charge in [-0.3, -0.25) is 20.4 Å². The van der Waals surface area contributed by atoms with Gasteiger partial charge in [-0.15, -0.1) is 0 Å². The van der Waals surface area contributed by atoms with Gasteiger partial charge in [-0.1, -0.05) is 0 Å². The van der Waals surface area contributed by atoms with Gasteiger partial charge in [0.25, 0.3) is 0 Å². The zero-order chi connectivity index (χ0) is 9.40. The van der Waals surface area contributed by atoms with Crippen LogP contribution in [-0.2, 0) is 9.59 Å². The number of carbonyl (C=O) groups is 2. The number of hydrogen-bond donors (Lipinski definition) is 3. The smallest absolute Gasteiger partial charge is 0.248 e. The Kier molecular flexibility index (Phi) is 6.50. The Morgan fingerprint density at radius 2 is 2.08 bits per heavy atom. The predicted molar refractivity (Wildman–Crippen MR) is 48.3 cm³/mol. The van der Waals surface area contributed by atoms with Gasteiger partial charge in [0.15, 0.2) is 0 Å². The van der Waals surface area contributed by atoms with Crippen molar-refractivity contribution in [1.82, 2.24) is 10.9 Å². The number of rotatable bonds is 4. The maximum absolute atomic E-state index is 10.8. The summed E-state index contributed by atoms with van der Waals surface area (Å²) in [4.78, 5) is 21.2. The molecule has 0 aliphatic carbocycles. The minimum absolute atomic E-state index is 0.219. The molecule has 0 aromatic rings. The molecule has 0 heterocycles. The van der Waals surface area contributed by atoms with Crippen LogP contribution in [0.2, 0.25) is 0 Å². The highest BCUT2D eigenvalue weighted by Crippen LogP contribution is 1.95. The molecule has 4 N–H and O–H groups in total. The molecule has 0 aliphatic rings. The Morgan fingerprint density at radius 1 is 1.42 bits per heavy atom. The Hall–Kier alpha value is -0.750. The molecule has 0 aromatic heterocycles. The van der Waals surface area contributed by atoms with Gasteiger partial charge in [0, 0.05) is 19.2 Å². The van der Waals surface area contributed by atoms with E-state index in [1.807, 2.05) is 0 Å². The molecule has 0 spiro atoms. The molecule has 70 valence electrons. The number of carbonyl (C=O) groups excluding carboxylic acids is 2. The maximum atomic E-state index is 10.8. The number of thioether (sulfide) groups is 1. The minimum atomic E-state index is -0.285. The predicted octanol–water partition coefficient (Wildman–Crippen LogP) is -1.15. The molecule has 0 fully saturated rings. The number of nitrogens with one attached hydrogen (secondary N) is 2. The topological polar surface area (TPSA) is 84.2 Å². The first kappa shape index (κ1) is 11.2. The summed E-state index contributed by atoms with van der Waals surface area (Å²) < 4.78 is 0. The molecule has 0 radical (unpaired) electrons. The molecule has 6 heteroatoms. The van der Waals surface area contributed by atoms with E-state index in [0.717, 1.165) is 5.75 Å². The van der Waals surface area contributed by atoms with Crippen LogP contribution in [0.5, 0.6) is 0 Å². The van der Waals surface area contributed by atoms with E-state index in [1.165, 1.54) is 18.7 Å². The van der Waals surface area contributed by atoms with Gasteiger partial charge in [-0.2, -0.15) is 11.8 Å². The van der Waals surface area contributed by atoms with E-state index < -0.39 is 0 Å². The molecular formula is C6H13N3O2S. The number of amides is 2. The van der Waals surface area contributed by atoms with E-state index in [2.05, 4.69) is 10.9 Å².